The molecule has 0 aliphatic carbocycles. The predicted molar refractivity (Wildman–Crippen MR) is 94.1 cm³/mol. The molecule has 2 aromatic carbocycles. The largest absolute Gasteiger partial charge is 0.512 e. The van der Waals surface area contributed by atoms with Gasteiger partial charge in [0.15, 0.2) is 5.78 Å². The van der Waals surface area contributed by atoms with E-state index in [0.717, 1.165) is 5.52 Å². The SMILES string of the molecule is CC(=O)/C=C(/C)O.[Ir].[c-]1ccccc1.c1ccc2ncccc2c1. The minimum absolute atomic E-state index is 0. The summed E-state index contributed by atoms with van der Waals surface area (Å²) in [6, 6.07) is 24.6. The molecule has 0 unspecified atom stereocenters. The van der Waals surface area contributed by atoms with Crippen molar-refractivity contribution in [2.45, 2.75) is 13.8 Å². The number of benzene rings is 2. The van der Waals surface area contributed by atoms with E-state index in [1.54, 1.807) is 0 Å². The van der Waals surface area contributed by atoms with E-state index in [0.29, 0.717) is 0 Å². The van der Waals surface area contributed by atoms with Gasteiger partial charge in [-0.05, 0) is 26.0 Å². The van der Waals surface area contributed by atoms with Crippen molar-refractivity contribution in [1.82, 2.24) is 4.98 Å². The molecule has 127 valence electrons. The average Bonchev–Trinajstić information content (AvgIpc) is 2.56. The number of hydrogen-bond donors (Lipinski definition) is 1. The number of carbonyl (C=O) groups is 1. The van der Waals surface area contributed by atoms with E-state index >= 15 is 0 Å². The van der Waals surface area contributed by atoms with Crippen LogP contribution in [0.5, 0.6) is 0 Å². The second-order valence-corrected chi connectivity index (χ2v) is 4.67. The molecule has 0 aliphatic rings. The minimum Gasteiger partial charge on any atom is -0.512 e. The van der Waals surface area contributed by atoms with Crippen LogP contribution in [0.1, 0.15) is 13.8 Å². The fraction of sp³-hybridized carbons (Fsp3) is 0.100. The van der Waals surface area contributed by atoms with Crippen LogP contribution in [0.4, 0.5) is 0 Å². The van der Waals surface area contributed by atoms with Crippen molar-refractivity contribution in [3.05, 3.63) is 90.8 Å². The summed E-state index contributed by atoms with van der Waals surface area (Å²) in [5.74, 6) is -0.0625. The van der Waals surface area contributed by atoms with Crippen LogP contribution >= 0.6 is 0 Å². The standard InChI is InChI=1S/C9H7N.C6H5.C5H8O2.Ir/c1-2-6-9-8(4-1)5-3-7-10-9;1-2-4-6-5-3-1;1-4(6)3-5(2)7;/h1-7H;1-5H;3,6H,1-2H3;/q;-1;;/b;;4-3-;. The second-order valence-electron chi connectivity index (χ2n) is 4.67. The summed E-state index contributed by atoms with van der Waals surface area (Å²) >= 11 is 0. The maximum absolute atomic E-state index is 10.0. The molecule has 0 aliphatic heterocycles. The van der Waals surface area contributed by atoms with E-state index < -0.39 is 0 Å². The second kappa shape index (κ2) is 13.2. The first-order valence-corrected chi connectivity index (χ1v) is 7.18. The van der Waals surface area contributed by atoms with Crippen LogP contribution in [0, 0.1) is 6.07 Å². The third-order valence-electron chi connectivity index (χ3n) is 2.53. The van der Waals surface area contributed by atoms with E-state index in [-0.39, 0.29) is 31.6 Å². The van der Waals surface area contributed by atoms with E-state index in [1.165, 1.54) is 25.3 Å². The van der Waals surface area contributed by atoms with E-state index in [1.807, 2.05) is 60.8 Å². The number of rotatable bonds is 1. The maximum atomic E-state index is 10.0. The molecule has 3 nitrogen and oxygen atoms in total. The zero-order chi connectivity index (χ0) is 16.9. The Kier molecular flexibility index (Phi) is 11.9. The number of allylic oxidation sites excluding steroid dienone is 2. The topological polar surface area (TPSA) is 50.2 Å². The molecule has 3 rings (SSSR count). The van der Waals surface area contributed by atoms with Crippen LogP contribution in [0.3, 0.4) is 0 Å². The van der Waals surface area contributed by atoms with Gasteiger partial charge in [-0.25, -0.2) is 0 Å². The molecular weight excluding hydrogens is 478 g/mol. The normalized spacial score (nSPS) is 9.50. The third-order valence-corrected chi connectivity index (χ3v) is 2.53. The van der Waals surface area contributed by atoms with Gasteiger partial charge in [-0.2, -0.15) is 36.4 Å². The molecule has 0 fully saturated rings. The van der Waals surface area contributed by atoms with Gasteiger partial charge in [-0.15, -0.1) is 0 Å². The van der Waals surface area contributed by atoms with E-state index in [9.17, 15) is 4.79 Å². The first-order valence-electron chi connectivity index (χ1n) is 7.18. The third kappa shape index (κ3) is 10.4. The Morgan fingerprint density at radius 3 is 2.04 bits per heavy atom. The molecule has 0 atom stereocenters. The predicted octanol–water partition coefficient (Wildman–Crippen LogP) is 4.76. The van der Waals surface area contributed by atoms with Crippen molar-refractivity contribution in [2.75, 3.05) is 0 Å². The molecule has 4 heteroatoms. The Balaban J connectivity index is 0.000000339. The number of fused-ring (bicyclic) bond motifs is 1. The molecule has 1 radical (unpaired) electrons. The maximum Gasteiger partial charge on any atom is 0.155 e. The van der Waals surface area contributed by atoms with Crippen LogP contribution < -0.4 is 0 Å². The Labute approximate surface area is 156 Å². The number of aliphatic hydroxyl groups excluding tert-OH is 1. The molecule has 0 bridgehead atoms. The first kappa shape index (κ1) is 21.7. The zero-order valence-corrected chi connectivity index (χ0v) is 16.0. The summed E-state index contributed by atoms with van der Waals surface area (Å²) in [6.45, 7) is 2.85. The zero-order valence-electron chi connectivity index (χ0n) is 13.6. The van der Waals surface area contributed by atoms with Gasteiger partial charge in [-0.3, -0.25) is 9.78 Å². The first-order chi connectivity index (χ1) is 11.1. The van der Waals surface area contributed by atoms with Gasteiger partial charge < -0.3 is 5.11 Å². The Hall–Kier alpha value is -2.29. The molecular formula is C20H20IrNO2-. The van der Waals surface area contributed by atoms with Crippen LogP contribution in [0.2, 0.25) is 0 Å². The fourth-order valence-electron chi connectivity index (χ4n) is 1.65. The number of pyridine rings is 1. The number of aromatic nitrogens is 1. The van der Waals surface area contributed by atoms with Gasteiger partial charge in [0.25, 0.3) is 0 Å². The quantitative estimate of drug-likeness (QED) is 0.299. The molecule has 3 aromatic rings. The Morgan fingerprint density at radius 1 is 1.00 bits per heavy atom. The molecule has 0 amide bonds. The van der Waals surface area contributed by atoms with Crippen molar-refractivity contribution in [1.29, 1.82) is 0 Å². The van der Waals surface area contributed by atoms with Crippen molar-refractivity contribution in [2.24, 2.45) is 0 Å². The van der Waals surface area contributed by atoms with Gasteiger partial charge in [0.1, 0.15) is 0 Å². The van der Waals surface area contributed by atoms with Crippen molar-refractivity contribution >= 4 is 16.7 Å². The molecule has 1 N–H and O–H groups in total. The van der Waals surface area contributed by atoms with Crippen LogP contribution in [0.25, 0.3) is 10.9 Å². The van der Waals surface area contributed by atoms with Crippen LogP contribution in [-0.4, -0.2) is 15.9 Å². The molecule has 24 heavy (non-hydrogen) atoms. The number of carbonyl (C=O) groups excluding carboxylic acids is 1. The fourth-order valence-corrected chi connectivity index (χ4v) is 1.65. The number of hydrogen-bond acceptors (Lipinski definition) is 3. The molecule has 0 saturated carbocycles. The van der Waals surface area contributed by atoms with Crippen molar-refractivity contribution < 1.29 is 30.0 Å². The molecule has 0 saturated heterocycles. The monoisotopic (exact) mass is 499 g/mol. The van der Waals surface area contributed by atoms with Crippen molar-refractivity contribution in [3.63, 3.8) is 0 Å². The summed E-state index contributed by atoms with van der Waals surface area (Å²) in [6.07, 6.45) is 2.97. The van der Waals surface area contributed by atoms with E-state index in [4.69, 9.17) is 5.11 Å². The molecule has 1 heterocycles. The smallest absolute Gasteiger partial charge is 0.155 e. The van der Waals surface area contributed by atoms with Gasteiger partial charge >= 0.3 is 0 Å². The van der Waals surface area contributed by atoms with Gasteiger partial charge in [0.05, 0.1) is 11.3 Å². The number of ketones is 1. The Bertz CT molecular complexity index is 647. The summed E-state index contributed by atoms with van der Waals surface area (Å²) in [4.78, 5) is 14.2. The number of nitrogens with zero attached hydrogens (tertiary/aromatic N) is 1. The number of para-hydroxylation sites is 1. The summed E-state index contributed by atoms with van der Waals surface area (Å²) in [5.41, 5.74) is 1.06. The van der Waals surface area contributed by atoms with Gasteiger partial charge in [0.2, 0.25) is 0 Å². The minimum atomic E-state index is -0.125. The van der Waals surface area contributed by atoms with Crippen LogP contribution in [-0.2, 0) is 24.9 Å². The van der Waals surface area contributed by atoms with Crippen LogP contribution in [0.15, 0.2) is 84.8 Å². The molecule has 1 aromatic heterocycles. The summed E-state index contributed by atoms with van der Waals surface area (Å²) < 4.78 is 0. The Morgan fingerprint density at radius 2 is 1.62 bits per heavy atom. The average molecular weight is 499 g/mol. The van der Waals surface area contributed by atoms with Crippen molar-refractivity contribution in [3.8, 4) is 0 Å². The van der Waals surface area contributed by atoms with E-state index in [2.05, 4.69) is 23.2 Å². The van der Waals surface area contributed by atoms with Gasteiger partial charge in [-0.1, -0.05) is 24.3 Å². The summed E-state index contributed by atoms with van der Waals surface area (Å²) in [5, 5.41) is 9.56. The summed E-state index contributed by atoms with van der Waals surface area (Å²) in [7, 11) is 0. The van der Waals surface area contributed by atoms with Gasteiger partial charge in [0, 0.05) is 37.8 Å². The number of aliphatic hydroxyl groups is 1. The molecule has 0 spiro atoms.